The Balaban J connectivity index is 1.63. The van der Waals surface area contributed by atoms with Gasteiger partial charge in [0.15, 0.2) is 0 Å². The molecule has 3 N–H and O–H groups in total. The van der Waals surface area contributed by atoms with Gasteiger partial charge in [0.25, 0.3) is 0 Å². The molecule has 2 heterocycles. The molecule has 2 aromatic heterocycles. The molecule has 0 aliphatic carbocycles. The molecule has 2 aromatic carbocycles. The Kier molecular flexibility index (Phi) is 5.94. The van der Waals surface area contributed by atoms with Gasteiger partial charge in [-0.2, -0.15) is 20.0 Å². The van der Waals surface area contributed by atoms with Crippen molar-refractivity contribution in [3.05, 3.63) is 64.9 Å². The molecule has 0 radical (unpaired) electrons. The Hall–Kier alpha value is -3.72. The Labute approximate surface area is 184 Å². The lowest BCUT2D eigenvalue weighted by Crippen LogP contribution is -2.21. The Morgan fingerprint density at radius 2 is 1.84 bits per heavy atom. The van der Waals surface area contributed by atoms with Gasteiger partial charge in [-0.15, -0.1) is 0 Å². The third kappa shape index (κ3) is 4.26. The number of rotatable bonds is 7. The smallest absolute Gasteiger partial charge is 0.216 e. The molecule has 0 amide bonds. The molecule has 0 bridgehead atoms. The molecule has 0 fully saturated rings. The van der Waals surface area contributed by atoms with Gasteiger partial charge in [0.1, 0.15) is 11.4 Å². The van der Waals surface area contributed by atoms with Crippen LogP contribution in [0.3, 0.4) is 0 Å². The van der Waals surface area contributed by atoms with Gasteiger partial charge in [0.2, 0.25) is 10.6 Å². The first-order chi connectivity index (χ1) is 15.1. The van der Waals surface area contributed by atoms with Crippen LogP contribution in [0.2, 0.25) is 0 Å². The van der Waals surface area contributed by atoms with Crippen LogP contribution in [-0.2, 0) is 0 Å². The number of benzene rings is 2. The number of phenols is 1. The molecule has 4 aromatic rings. The highest BCUT2D eigenvalue weighted by Crippen LogP contribution is 2.25. The fourth-order valence-corrected chi connectivity index (χ4v) is 3.49. The average Bonchev–Trinajstić information content (AvgIpc) is 3.41. The highest BCUT2D eigenvalue weighted by molar-refractivity contribution is 7.71. The van der Waals surface area contributed by atoms with Gasteiger partial charge in [-0.25, -0.2) is 5.10 Å². The first-order valence-electron chi connectivity index (χ1n) is 10.0. The number of aromatic amines is 2. The predicted molar refractivity (Wildman–Crippen MR) is 125 cm³/mol. The summed E-state index contributed by atoms with van der Waals surface area (Å²) in [7, 11) is 0. The van der Waals surface area contributed by atoms with Crippen LogP contribution in [0.1, 0.15) is 19.4 Å². The number of H-pyrrole nitrogens is 2. The molecule has 31 heavy (non-hydrogen) atoms. The maximum absolute atomic E-state index is 10.5. The van der Waals surface area contributed by atoms with E-state index in [2.05, 4.69) is 44.2 Å². The van der Waals surface area contributed by atoms with Crippen LogP contribution >= 0.6 is 12.2 Å². The fraction of sp³-hybridized carbons (Fsp3) is 0.182. The van der Waals surface area contributed by atoms with Crippen LogP contribution in [0, 0.1) is 4.77 Å². The molecule has 0 spiro atoms. The molecule has 0 unspecified atom stereocenters. The van der Waals surface area contributed by atoms with Crippen molar-refractivity contribution in [3.63, 3.8) is 0 Å². The number of phenolic OH excluding ortho intramolecular Hbond substituents is 1. The number of aromatic nitrogens is 5. The largest absolute Gasteiger partial charge is 0.507 e. The van der Waals surface area contributed by atoms with Crippen LogP contribution in [0.4, 0.5) is 5.69 Å². The van der Waals surface area contributed by atoms with Gasteiger partial charge in [-0.3, -0.25) is 5.10 Å². The standard InChI is InChI=1S/C22H23N7OS/c1-3-28(4-2)17-11-10-16(20(30)12-17)14-23-29-21(26-27-22(29)31)19-13-18(24-25-19)15-8-6-5-7-9-15/h5-14,30H,3-4H2,1-2H3,(H,24,25)(H,27,31)/b23-14+. The summed E-state index contributed by atoms with van der Waals surface area (Å²) < 4.78 is 1.83. The summed E-state index contributed by atoms with van der Waals surface area (Å²) in [5.74, 6) is 0.646. The zero-order chi connectivity index (χ0) is 21.8. The zero-order valence-electron chi connectivity index (χ0n) is 17.3. The molecular formula is C22H23N7OS. The van der Waals surface area contributed by atoms with E-state index in [1.165, 1.54) is 4.68 Å². The van der Waals surface area contributed by atoms with Crippen LogP contribution < -0.4 is 4.90 Å². The molecule has 158 valence electrons. The summed E-state index contributed by atoms with van der Waals surface area (Å²) >= 11 is 5.34. The van der Waals surface area contributed by atoms with E-state index in [0.29, 0.717) is 21.9 Å². The molecule has 0 aliphatic rings. The van der Waals surface area contributed by atoms with Gasteiger partial charge < -0.3 is 10.0 Å². The van der Waals surface area contributed by atoms with Crippen molar-refractivity contribution < 1.29 is 5.11 Å². The molecule has 8 nitrogen and oxygen atoms in total. The topological polar surface area (TPSA) is 98.1 Å². The molecule has 4 rings (SSSR count). The second-order valence-corrected chi connectivity index (χ2v) is 7.24. The van der Waals surface area contributed by atoms with Gasteiger partial charge in [-0.1, -0.05) is 30.3 Å². The fourth-order valence-electron chi connectivity index (χ4n) is 3.31. The van der Waals surface area contributed by atoms with E-state index in [-0.39, 0.29) is 5.75 Å². The third-order valence-electron chi connectivity index (χ3n) is 4.99. The first kappa shape index (κ1) is 20.5. The lowest BCUT2D eigenvalue weighted by Gasteiger charge is -2.21. The summed E-state index contributed by atoms with van der Waals surface area (Å²) in [5, 5.41) is 29.3. The highest BCUT2D eigenvalue weighted by Gasteiger charge is 2.13. The minimum atomic E-state index is 0.151. The van der Waals surface area contributed by atoms with Crippen molar-refractivity contribution in [1.29, 1.82) is 0 Å². The third-order valence-corrected chi connectivity index (χ3v) is 5.26. The molecule has 0 saturated carbocycles. The maximum Gasteiger partial charge on any atom is 0.216 e. The van der Waals surface area contributed by atoms with Crippen LogP contribution in [0.5, 0.6) is 5.75 Å². The van der Waals surface area contributed by atoms with Crippen molar-refractivity contribution in [2.45, 2.75) is 13.8 Å². The SMILES string of the molecule is CCN(CC)c1ccc(/C=N/n2c(-c3cc(-c4ccccc4)n[nH]3)n[nH]c2=S)c(O)c1. The van der Waals surface area contributed by atoms with E-state index in [9.17, 15) is 5.11 Å². The second-order valence-electron chi connectivity index (χ2n) is 6.86. The van der Waals surface area contributed by atoms with Crippen molar-refractivity contribution in [3.8, 4) is 28.5 Å². The monoisotopic (exact) mass is 433 g/mol. The molecule has 0 atom stereocenters. The quantitative estimate of drug-likeness (QED) is 0.296. The first-order valence-corrected chi connectivity index (χ1v) is 10.4. The minimum Gasteiger partial charge on any atom is -0.507 e. The van der Waals surface area contributed by atoms with Crippen molar-refractivity contribution in [2.75, 3.05) is 18.0 Å². The lowest BCUT2D eigenvalue weighted by atomic mass is 10.1. The van der Waals surface area contributed by atoms with E-state index >= 15 is 0 Å². The summed E-state index contributed by atoms with van der Waals surface area (Å²) in [6.45, 7) is 5.89. The van der Waals surface area contributed by atoms with E-state index in [4.69, 9.17) is 12.2 Å². The van der Waals surface area contributed by atoms with E-state index < -0.39 is 0 Å². The number of nitrogens with zero attached hydrogens (tertiary/aromatic N) is 5. The highest BCUT2D eigenvalue weighted by atomic mass is 32.1. The van der Waals surface area contributed by atoms with Crippen molar-refractivity contribution in [2.24, 2.45) is 5.10 Å². The van der Waals surface area contributed by atoms with E-state index in [0.717, 1.165) is 30.0 Å². The van der Waals surface area contributed by atoms with Gasteiger partial charge in [-0.05, 0) is 44.3 Å². The summed E-state index contributed by atoms with van der Waals surface area (Å²) in [6, 6.07) is 17.3. The molecule has 0 aliphatic heterocycles. The minimum absolute atomic E-state index is 0.151. The number of hydrogen-bond acceptors (Lipinski definition) is 6. The van der Waals surface area contributed by atoms with E-state index in [1.54, 1.807) is 12.3 Å². The Bertz CT molecular complexity index is 1250. The molecule has 0 saturated heterocycles. The summed E-state index contributed by atoms with van der Waals surface area (Å²) in [5.41, 5.74) is 4.01. The maximum atomic E-state index is 10.5. The van der Waals surface area contributed by atoms with Gasteiger partial charge in [0.05, 0.1) is 11.9 Å². The Morgan fingerprint density at radius 1 is 1.06 bits per heavy atom. The van der Waals surface area contributed by atoms with E-state index in [1.807, 2.05) is 48.5 Å². The molecular weight excluding hydrogens is 410 g/mol. The van der Waals surface area contributed by atoms with Gasteiger partial charge in [0, 0.05) is 36.0 Å². The van der Waals surface area contributed by atoms with Crippen LogP contribution in [0.15, 0.2) is 59.7 Å². The Morgan fingerprint density at radius 3 is 2.55 bits per heavy atom. The van der Waals surface area contributed by atoms with Crippen molar-refractivity contribution in [1.82, 2.24) is 25.1 Å². The summed E-state index contributed by atoms with van der Waals surface area (Å²) in [4.78, 5) is 2.16. The zero-order valence-corrected chi connectivity index (χ0v) is 18.1. The van der Waals surface area contributed by atoms with Crippen LogP contribution in [0.25, 0.3) is 22.8 Å². The normalized spacial score (nSPS) is 11.3. The summed E-state index contributed by atoms with van der Waals surface area (Å²) in [6.07, 6.45) is 1.56. The van der Waals surface area contributed by atoms with Crippen molar-refractivity contribution >= 4 is 24.1 Å². The van der Waals surface area contributed by atoms with Gasteiger partial charge >= 0.3 is 0 Å². The molecule has 9 heteroatoms. The van der Waals surface area contributed by atoms with Crippen LogP contribution in [-0.4, -0.2) is 49.5 Å². The number of hydrogen-bond donors (Lipinski definition) is 3. The number of anilines is 1. The second kappa shape index (κ2) is 8.97. The average molecular weight is 434 g/mol. The lowest BCUT2D eigenvalue weighted by molar-refractivity contribution is 0.474. The number of nitrogens with one attached hydrogen (secondary N) is 2. The predicted octanol–water partition coefficient (Wildman–Crippen LogP) is 4.43. The number of aromatic hydroxyl groups is 1.